The first-order valence-corrected chi connectivity index (χ1v) is 18.8. The van der Waals surface area contributed by atoms with Gasteiger partial charge in [0.2, 0.25) is 6.29 Å². The van der Waals surface area contributed by atoms with Crippen LogP contribution in [0.15, 0.2) is 0 Å². The Morgan fingerprint density at radius 1 is 0.543 bits per heavy atom. The van der Waals surface area contributed by atoms with Crippen molar-refractivity contribution in [3.8, 4) is 0 Å². The molecule has 9 nitrogen and oxygen atoms in total. The number of unbranched alkanes of at least 4 members (excludes halogenated alkanes) is 18. The summed E-state index contributed by atoms with van der Waals surface area (Å²) in [5.74, 6) is -0.723. The molecule has 1 heterocycles. The molecule has 0 spiro atoms. The summed E-state index contributed by atoms with van der Waals surface area (Å²) >= 11 is 0. The van der Waals surface area contributed by atoms with E-state index in [4.69, 9.17) is 23.7 Å². The largest absolute Gasteiger partial charge is 0.462 e. The number of rotatable bonds is 31. The third-order valence-corrected chi connectivity index (χ3v) is 8.43. The summed E-state index contributed by atoms with van der Waals surface area (Å²) in [6, 6.07) is 0. The van der Waals surface area contributed by atoms with E-state index in [1.165, 1.54) is 103 Å². The second-order valence-corrected chi connectivity index (χ2v) is 13.7. The Hall–Kier alpha value is -1.26. The molecule has 272 valence electrons. The van der Waals surface area contributed by atoms with E-state index in [9.17, 15) is 9.59 Å². The molecule has 1 fully saturated rings. The van der Waals surface area contributed by atoms with Crippen LogP contribution in [0.3, 0.4) is 0 Å². The summed E-state index contributed by atoms with van der Waals surface area (Å²) in [7, 11) is 7.29. The standard InChI is InChI=1S/C37H72N2O7/c1-7-9-11-13-15-17-19-21-23-25-27-42-35-32(31-44-33(40)29-38(3)4)45-37(46-34(41)30-39(5)6)36(35)43-28-26-24-22-20-18-16-14-12-10-8-2/h32,35-37H,7-31H2,1-6H3/t32-,35?,36?,37+/m1/s1. The van der Waals surface area contributed by atoms with E-state index in [-0.39, 0.29) is 31.6 Å². The Morgan fingerprint density at radius 2 is 0.935 bits per heavy atom. The molecule has 1 saturated heterocycles. The molecule has 46 heavy (non-hydrogen) atoms. The second kappa shape index (κ2) is 28.7. The molecule has 0 aromatic heterocycles. The van der Waals surface area contributed by atoms with Gasteiger partial charge in [0, 0.05) is 13.2 Å². The van der Waals surface area contributed by atoms with Gasteiger partial charge in [0.1, 0.15) is 24.9 Å². The highest BCUT2D eigenvalue weighted by atomic mass is 16.7. The number of carbonyl (C=O) groups is 2. The lowest BCUT2D eigenvalue weighted by Crippen LogP contribution is -2.41. The number of likely N-dealkylation sites (N-methyl/N-ethyl adjacent to an activating group) is 2. The zero-order valence-electron chi connectivity index (χ0n) is 30.7. The monoisotopic (exact) mass is 657 g/mol. The highest BCUT2D eigenvalue weighted by Crippen LogP contribution is 2.29. The van der Waals surface area contributed by atoms with Crippen molar-refractivity contribution in [3.05, 3.63) is 0 Å². The quantitative estimate of drug-likeness (QED) is 0.0555. The number of carbonyl (C=O) groups excluding carboxylic acids is 2. The molecule has 0 amide bonds. The van der Waals surface area contributed by atoms with Gasteiger partial charge in [0.15, 0.2) is 0 Å². The van der Waals surface area contributed by atoms with Gasteiger partial charge in [-0.3, -0.25) is 19.4 Å². The third-order valence-electron chi connectivity index (χ3n) is 8.43. The molecule has 0 radical (unpaired) electrons. The SMILES string of the molecule is CCCCCCCCCCCCOC1C(OCCCCCCCCCCCC)[C@@H](COC(=O)CN(C)C)O[C@H]1OC(=O)CN(C)C. The number of hydrogen-bond donors (Lipinski definition) is 0. The Labute approximate surface area is 282 Å². The molecule has 1 aliphatic heterocycles. The maximum absolute atomic E-state index is 12.6. The molecule has 1 aliphatic rings. The molecule has 2 unspecified atom stereocenters. The lowest BCUT2D eigenvalue weighted by Gasteiger charge is -2.25. The summed E-state index contributed by atoms with van der Waals surface area (Å²) in [6.07, 6.45) is 22.4. The van der Waals surface area contributed by atoms with Crippen molar-refractivity contribution in [1.29, 1.82) is 0 Å². The van der Waals surface area contributed by atoms with Crippen LogP contribution in [0, 0.1) is 0 Å². The first-order chi connectivity index (χ1) is 22.3. The van der Waals surface area contributed by atoms with Gasteiger partial charge in [-0.2, -0.15) is 0 Å². The van der Waals surface area contributed by atoms with Gasteiger partial charge in [-0.1, -0.05) is 129 Å². The molecule has 0 saturated carbocycles. The van der Waals surface area contributed by atoms with Crippen molar-refractivity contribution in [2.45, 2.75) is 167 Å². The zero-order valence-corrected chi connectivity index (χ0v) is 30.7. The highest BCUT2D eigenvalue weighted by molar-refractivity contribution is 5.72. The van der Waals surface area contributed by atoms with Crippen LogP contribution in [0.1, 0.15) is 142 Å². The van der Waals surface area contributed by atoms with Gasteiger partial charge >= 0.3 is 11.9 Å². The highest BCUT2D eigenvalue weighted by Gasteiger charge is 2.49. The minimum Gasteiger partial charge on any atom is -0.462 e. The predicted molar refractivity (Wildman–Crippen MR) is 186 cm³/mol. The first kappa shape index (κ1) is 42.8. The molecule has 1 rings (SSSR count). The van der Waals surface area contributed by atoms with Gasteiger partial charge in [-0.05, 0) is 41.0 Å². The summed E-state index contributed by atoms with van der Waals surface area (Å²) in [4.78, 5) is 28.5. The predicted octanol–water partition coefficient (Wildman–Crippen LogP) is 7.53. The van der Waals surface area contributed by atoms with Crippen LogP contribution >= 0.6 is 0 Å². The normalized spacial score (nSPS) is 19.7. The Bertz CT molecular complexity index is 737. The van der Waals surface area contributed by atoms with Crippen molar-refractivity contribution in [3.63, 3.8) is 0 Å². The molecular formula is C37H72N2O7. The van der Waals surface area contributed by atoms with Gasteiger partial charge in [-0.15, -0.1) is 0 Å². The minimum atomic E-state index is -0.911. The average Bonchev–Trinajstić information content (AvgIpc) is 3.31. The van der Waals surface area contributed by atoms with Crippen molar-refractivity contribution in [1.82, 2.24) is 9.80 Å². The van der Waals surface area contributed by atoms with E-state index in [0.717, 1.165) is 25.7 Å². The molecular weight excluding hydrogens is 584 g/mol. The Balaban J connectivity index is 2.68. The van der Waals surface area contributed by atoms with Gasteiger partial charge in [0.05, 0.1) is 13.1 Å². The van der Waals surface area contributed by atoms with Crippen LogP contribution in [0.25, 0.3) is 0 Å². The number of nitrogens with zero attached hydrogens (tertiary/aromatic N) is 2. The van der Waals surface area contributed by atoms with Crippen molar-refractivity contribution in [2.24, 2.45) is 0 Å². The maximum atomic E-state index is 12.6. The molecule has 0 aromatic carbocycles. The molecule has 4 atom stereocenters. The lowest BCUT2D eigenvalue weighted by atomic mass is 10.1. The van der Waals surface area contributed by atoms with Crippen LogP contribution in [0.4, 0.5) is 0 Å². The van der Waals surface area contributed by atoms with Gasteiger partial charge in [-0.25, -0.2) is 0 Å². The molecule has 0 aromatic rings. The van der Waals surface area contributed by atoms with Gasteiger partial charge in [0.25, 0.3) is 0 Å². The van der Waals surface area contributed by atoms with E-state index < -0.39 is 24.6 Å². The topological polar surface area (TPSA) is 86.8 Å². The molecule has 0 aliphatic carbocycles. The van der Waals surface area contributed by atoms with E-state index in [1.807, 2.05) is 28.2 Å². The Kier molecular flexibility index (Phi) is 26.7. The lowest BCUT2D eigenvalue weighted by molar-refractivity contribution is -0.197. The van der Waals surface area contributed by atoms with Crippen LogP contribution in [-0.4, -0.2) is 107 Å². The maximum Gasteiger partial charge on any atom is 0.322 e. The average molecular weight is 657 g/mol. The number of ether oxygens (including phenoxy) is 5. The fraction of sp³-hybridized carbons (Fsp3) is 0.946. The van der Waals surface area contributed by atoms with E-state index in [1.54, 1.807) is 9.80 Å². The summed E-state index contributed by atoms with van der Waals surface area (Å²) in [6.45, 7) is 5.94. The summed E-state index contributed by atoms with van der Waals surface area (Å²) in [5, 5.41) is 0. The molecule has 9 heteroatoms. The van der Waals surface area contributed by atoms with Crippen LogP contribution in [-0.2, 0) is 33.3 Å². The summed E-state index contributed by atoms with van der Waals surface area (Å²) in [5.41, 5.74) is 0. The van der Waals surface area contributed by atoms with Gasteiger partial charge < -0.3 is 23.7 Å². The van der Waals surface area contributed by atoms with Crippen molar-refractivity contribution < 1.29 is 33.3 Å². The van der Waals surface area contributed by atoms with Crippen molar-refractivity contribution in [2.75, 3.05) is 61.1 Å². The number of esters is 2. The third kappa shape index (κ3) is 22.3. The minimum absolute atomic E-state index is 0.0230. The zero-order chi connectivity index (χ0) is 33.8. The first-order valence-electron chi connectivity index (χ1n) is 18.8. The number of hydrogen-bond acceptors (Lipinski definition) is 9. The van der Waals surface area contributed by atoms with E-state index >= 15 is 0 Å². The van der Waals surface area contributed by atoms with Crippen LogP contribution in [0.2, 0.25) is 0 Å². The van der Waals surface area contributed by atoms with Crippen LogP contribution in [0.5, 0.6) is 0 Å². The fourth-order valence-corrected chi connectivity index (χ4v) is 5.82. The molecule has 0 bridgehead atoms. The van der Waals surface area contributed by atoms with Crippen molar-refractivity contribution >= 4 is 11.9 Å². The Morgan fingerprint density at radius 3 is 1.37 bits per heavy atom. The second-order valence-electron chi connectivity index (χ2n) is 13.7. The van der Waals surface area contributed by atoms with Crippen LogP contribution < -0.4 is 0 Å². The van der Waals surface area contributed by atoms with E-state index in [2.05, 4.69) is 13.8 Å². The fourth-order valence-electron chi connectivity index (χ4n) is 5.82. The smallest absolute Gasteiger partial charge is 0.322 e. The molecule has 0 N–H and O–H groups in total. The van der Waals surface area contributed by atoms with E-state index in [0.29, 0.717) is 13.2 Å². The summed E-state index contributed by atoms with van der Waals surface area (Å²) < 4.78 is 30.3.